The molecule has 1 aromatic heterocycles. The number of piperidine rings is 1. The lowest BCUT2D eigenvalue weighted by Crippen LogP contribution is -2.42. The van der Waals surface area contributed by atoms with Crippen molar-refractivity contribution in [2.75, 3.05) is 29.6 Å². The number of nitrogens with two attached hydrogens (primary N) is 2. The largest absolute Gasteiger partial charge is 0.377 e. The third kappa shape index (κ3) is 1.74. The number of aromatic amines is 1. The van der Waals surface area contributed by atoms with Crippen molar-refractivity contribution in [1.82, 2.24) is 4.68 Å². The number of aromatic nitrogens is 2. The molecule has 0 amide bonds. The molecule has 1 aromatic rings. The molecule has 2 heterocycles. The van der Waals surface area contributed by atoms with Gasteiger partial charge in [0.2, 0.25) is 0 Å². The molecule has 0 bridgehead atoms. The molecule has 0 atom stereocenters. The van der Waals surface area contributed by atoms with E-state index in [-0.39, 0.29) is 11.5 Å². The van der Waals surface area contributed by atoms with Gasteiger partial charge in [0.1, 0.15) is 0 Å². The van der Waals surface area contributed by atoms with Crippen LogP contribution in [0.5, 0.6) is 0 Å². The van der Waals surface area contributed by atoms with Crippen LogP contribution >= 0.6 is 0 Å². The lowest BCUT2D eigenvalue weighted by Gasteiger charge is -2.26. The van der Waals surface area contributed by atoms with Gasteiger partial charge in [-0.05, 0) is 19.3 Å². The molecule has 0 spiro atoms. The van der Waals surface area contributed by atoms with E-state index in [2.05, 4.69) is 4.98 Å². The molecule has 1 saturated heterocycles. The van der Waals surface area contributed by atoms with Crippen molar-refractivity contribution < 1.29 is 4.98 Å². The molecular weight excluding hydrogens is 194 g/mol. The van der Waals surface area contributed by atoms with Crippen LogP contribution in [-0.4, -0.2) is 17.8 Å². The molecule has 6 heteroatoms. The number of nitrogens with one attached hydrogen (secondary N) is 1. The van der Waals surface area contributed by atoms with E-state index in [1.807, 2.05) is 4.90 Å². The summed E-state index contributed by atoms with van der Waals surface area (Å²) in [7, 11) is 0. The summed E-state index contributed by atoms with van der Waals surface area (Å²) in [6.45, 7) is 1.82. The van der Waals surface area contributed by atoms with Gasteiger partial charge in [-0.1, -0.05) is 4.68 Å². The minimum absolute atomic E-state index is 0.167. The first kappa shape index (κ1) is 9.82. The van der Waals surface area contributed by atoms with Crippen LogP contribution in [-0.2, 0) is 0 Å². The Morgan fingerprint density at radius 3 is 2.60 bits per heavy atom. The molecule has 1 aliphatic rings. The minimum Gasteiger partial charge on any atom is -0.363 e. The second-order valence-corrected chi connectivity index (χ2v) is 3.78. The van der Waals surface area contributed by atoms with Gasteiger partial charge in [-0.25, -0.2) is 9.78 Å². The Morgan fingerprint density at radius 1 is 1.27 bits per heavy atom. The zero-order valence-electron chi connectivity index (χ0n) is 8.57. The lowest BCUT2D eigenvalue weighted by atomic mass is 10.1. The highest BCUT2D eigenvalue weighted by atomic mass is 16.1. The molecule has 0 aliphatic carbocycles. The van der Waals surface area contributed by atoms with Crippen molar-refractivity contribution in [3.8, 4) is 0 Å². The van der Waals surface area contributed by atoms with E-state index in [0.29, 0.717) is 5.69 Å². The van der Waals surface area contributed by atoms with Gasteiger partial charge >= 0.3 is 11.5 Å². The average Bonchev–Trinajstić information content (AvgIpc) is 2.27. The first-order valence-electron chi connectivity index (χ1n) is 5.13. The predicted octanol–water partition coefficient (Wildman–Crippen LogP) is -1.05. The van der Waals surface area contributed by atoms with E-state index in [9.17, 15) is 4.79 Å². The van der Waals surface area contributed by atoms with E-state index >= 15 is 0 Å². The Bertz CT molecular complexity index is 407. The van der Waals surface area contributed by atoms with Crippen molar-refractivity contribution >= 4 is 11.6 Å². The van der Waals surface area contributed by atoms with Crippen LogP contribution in [0.25, 0.3) is 0 Å². The molecule has 0 aromatic carbocycles. The predicted molar refractivity (Wildman–Crippen MR) is 57.9 cm³/mol. The SMILES string of the molecule is Nc1[nH+]cc(N2CCCCC2)c(=O)n1N. The number of anilines is 2. The topological polar surface area (TPSA) is 91.4 Å². The number of hydrogen-bond donors (Lipinski definition) is 2. The first-order chi connectivity index (χ1) is 7.20. The summed E-state index contributed by atoms with van der Waals surface area (Å²) in [6.07, 6.45) is 5.10. The van der Waals surface area contributed by atoms with Crippen molar-refractivity contribution in [3.05, 3.63) is 16.6 Å². The van der Waals surface area contributed by atoms with Crippen LogP contribution in [0.3, 0.4) is 0 Å². The molecule has 0 saturated carbocycles. The van der Waals surface area contributed by atoms with E-state index in [1.54, 1.807) is 6.20 Å². The highest BCUT2D eigenvalue weighted by Gasteiger charge is 2.18. The summed E-state index contributed by atoms with van der Waals surface area (Å²) in [6, 6.07) is 0. The second kappa shape index (κ2) is 3.80. The Morgan fingerprint density at radius 2 is 1.93 bits per heavy atom. The zero-order chi connectivity index (χ0) is 10.8. The average molecular weight is 210 g/mol. The lowest BCUT2D eigenvalue weighted by molar-refractivity contribution is -0.365. The van der Waals surface area contributed by atoms with Crippen LogP contribution in [0, 0.1) is 0 Å². The Hall–Kier alpha value is -1.72. The maximum Gasteiger partial charge on any atom is 0.377 e. The van der Waals surface area contributed by atoms with Gasteiger partial charge in [0.15, 0.2) is 5.69 Å². The molecular formula is C9H16N5O+. The van der Waals surface area contributed by atoms with Gasteiger partial charge in [0, 0.05) is 13.1 Å². The minimum atomic E-state index is -0.242. The van der Waals surface area contributed by atoms with Crippen molar-refractivity contribution in [2.24, 2.45) is 0 Å². The van der Waals surface area contributed by atoms with Gasteiger partial charge in [-0.3, -0.25) is 11.6 Å². The van der Waals surface area contributed by atoms with Crippen molar-refractivity contribution in [2.45, 2.75) is 19.3 Å². The summed E-state index contributed by atoms with van der Waals surface area (Å²) >= 11 is 0. The maximum atomic E-state index is 11.8. The number of H-pyrrole nitrogens is 1. The van der Waals surface area contributed by atoms with Crippen molar-refractivity contribution in [1.29, 1.82) is 0 Å². The molecule has 82 valence electrons. The van der Waals surface area contributed by atoms with Crippen LogP contribution < -0.4 is 27.0 Å². The second-order valence-electron chi connectivity index (χ2n) is 3.78. The summed E-state index contributed by atoms with van der Waals surface area (Å²) in [4.78, 5) is 16.6. The monoisotopic (exact) mass is 210 g/mol. The molecule has 5 N–H and O–H groups in total. The van der Waals surface area contributed by atoms with Gasteiger partial charge in [0.05, 0.1) is 6.20 Å². The van der Waals surface area contributed by atoms with Crippen LogP contribution in [0.1, 0.15) is 19.3 Å². The summed E-state index contributed by atoms with van der Waals surface area (Å²) in [5, 5.41) is 0. The Balaban J connectivity index is 2.35. The van der Waals surface area contributed by atoms with E-state index in [0.717, 1.165) is 30.6 Å². The van der Waals surface area contributed by atoms with Gasteiger partial charge in [-0.2, -0.15) is 0 Å². The third-order valence-corrected chi connectivity index (χ3v) is 2.75. The fourth-order valence-electron chi connectivity index (χ4n) is 1.87. The third-order valence-electron chi connectivity index (χ3n) is 2.75. The molecule has 2 rings (SSSR count). The smallest absolute Gasteiger partial charge is 0.363 e. The molecule has 6 nitrogen and oxygen atoms in total. The zero-order valence-corrected chi connectivity index (χ0v) is 8.57. The molecule has 15 heavy (non-hydrogen) atoms. The van der Waals surface area contributed by atoms with Crippen LogP contribution in [0.2, 0.25) is 0 Å². The quantitative estimate of drug-likeness (QED) is 0.578. The number of nitrogens with zero attached hydrogens (tertiary/aromatic N) is 2. The molecule has 0 radical (unpaired) electrons. The number of rotatable bonds is 1. The summed E-state index contributed by atoms with van der Waals surface area (Å²) in [5.74, 6) is 5.68. The normalized spacial score (nSPS) is 16.7. The van der Waals surface area contributed by atoms with Crippen molar-refractivity contribution in [3.63, 3.8) is 0 Å². The molecule has 1 fully saturated rings. The molecule has 0 unspecified atom stereocenters. The van der Waals surface area contributed by atoms with E-state index in [4.69, 9.17) is 11.6 Å². The maximum absolute atomic E-state index is 11.8. The van der Waals surface area contributed by atoms with E-state index < -0.39 is 0 Å². The van der Waals surface area contributed by atoms with Gasteiger partial charge in [-0.15, -0.1) is 0 Å². The summed E-state index contributed by atoms with van der Waals surface area (Å²) in [5.41, 5.74) is 5.84. The first-order valence-corrected chi connectivity index (χ1v) is 5.13. The Labute approximate surface area is 87.5 Å². The fraction of sp³-hybridized carbons (Fsp3) is 0.556. The standard InChI is InChI=1S/C9H15N5O/c10-9-12-6-7(8(15)14(9)11)13-4-2-1-3-5-13/h6H,1-5,11H2,(H2,10,12)/p+1. The number of nitrogen functional groups attached to an aromatic ring is 2. The Kier molecular flexibility index (Phi) is 2.49. The van der Waals surface area contributed by atoms with Crippen LogP contribution in [0.15, 0.2) is 11.0 Å². The fourth-order valence-corrected chi connectivity index (χ4v) is 1.87. The molecule has 1 aliphatic heterocycles. The highest BCUT2D eigenvalue weighted by Crippen LogP contribution is 2.14. The van der Waals surface area contributed by atoms with Gasteiger partial charge in [0.25, 0.3) is 0 Å². The summed E-state index contributed by atoms with van der Waals surface area (Å²) < 4.78 is 0.948. The van der Waals surface area contributed by atoms with Gasteiger partial charge < -0.3 is 4.90 Å². The van der Waals surface area contributed by atoms with Crippen LogP contribution in [0.4, 0.5) is 11.6 Å². The number of hydrogen-bond acceptors (Lipinski definition) is 4. The highest BCUT2D eigenvalue weighted by molar-refractivity contribution is 5.42. The van der Waals surface area contributed by atoms with E-state index in [1.165, 1.54) is 6.42 Å².